The molecular weight excluding hydrogens is 382 g/mol. The summed E-state index contributed by atoms with van der Waals surface area (Å²) in [6, 6.07) is 7.43. The van der Waals surface area contributed by atoms with Crippen molar-refractivity contribution in [3.05, 3.63) is 55.6 Å². The molecule has 3 rings (SSSR count). The fourth-order valence-corrected chi connectivity index (χ4v) is 4.55. The predicted octanol–water partition coefficient (Wildman–Crippen LogP) is 3.21. The molecule has 25 heavy (non-hydrogen) atoms. The van der Waals surface area contributed by atoms with E-state index < -0.39 is 5.97 Å². The minimum atomic E-state index is -0.489. The summed E-state index contributed by atoms with van der Waals surface area (Å²) in [7, 11) is 1.30. The highest BCUT2D eigenvalue weighted by Gasteiger charge is 2.21. The third-order valence-corrected chi connectivity index (χ3v) is 6.02. The van der Waals surface area contributed by atoms with Crippen LogP contribution in [0.3, 0.4) is 0 Å². The van der Waals surface area contributed by atoms with Crippen LogP contribution in [-0.4, -0.2) is 22.7 Å². The Balaban J connectivity index is 2.01. The van der Waals surface area contributed by atoms with Gasteiger partial charge in [-0.1, -0.05) is 35.5 Å². The number of nitrogen functional groups attached to an aromatic ring is 1. The van der Waals surface area contributed by atoms with E-state index in [1.165, 1.54) is 18.9 Å². The molecule has 0 aliphatic carbocycles. The maximum atomic E-state index is 12.6. The van der Waals surface area contributed by atoms with Crippen LogP contribution in [0.4, 0.5) is 0 Å². The highest BCUT2D eigenvalue weighted by molar-refractivity contribution is 7.98. The zero-order chi connectivity index (χ0) is 18.1. The monoisotopic (exact) mass is 395 g/mol. The summed E-state index contributed by atoms with van der Waals surface area (Å²) in [5, 5.41) is 1.36. The molecule has 2 N–H and O–H groups in total. The van der Waals surface area contributed by atoms with E-state index in [9.17, 15) is 9.59 Å². The third-order valence-electron chi connectivity index (χ3n) is 3.59. The summed E-state index contributed by atoms with van der Waals surface area (Å²) in [6.45, 7) is 1.69. The normalized spacial score (nSPS) is 11.0. The van der Waals surface area contributed by atoms with Crippen LogP contribution in [0.15, 0.2) is 34.2 Å². The number of methoxy groups -OCH3 is 1. The lowest BCUT2D eigenvalue weighted by atomic mass is 10.2. The Bertz CT molecular complexity index is 1030. The number of carbonyl (C=O) groups excluding carboxylic acids is 1. The van der Waals surface area contributed by atoms with E-state index in [2.05, 4.69) is 4.98 Å². The Morgan fingerprint density at radius 3 is 2.92 bits per heavy atom. The van der Waals surface area contributed by atoms with Gasteiger partial charge >= 0.3 is 5.97 Å². The molecule has 9 heteroatoms. The number of rotatable bonds is 4. The molecule has 130 valence electrons. The van der Waals surface area contributed by atoms with Gasteiger partial charge in [-0.3, -0.25) is 4.79 Å². The molecule has 1 aromatic carbocycles. The van der Waals surface area contributed by atoms with Crippen molar-refractivity contribution in [1.82, 2.24) is 9.66 Å². The second-order valence-electron chi connectivity index (χ2n) is 5.22. The second-order valence-corrected chi connectivity index (χ2v) is 7.59. The van der Waals surface area contributed by atoms with Gasteiger partial charge in [-0.05, 0) is 30.2 Å². The molecule has 2 aromatic heterocycles. The first-order chi connectivity index (χ1) is 11.9. The van der Waals surface area contributed by atoms with Crippen LogP contribution in [0.2, 0.25) is 5.02 Å². The van der Waals surface area contributed by atoms with E-state index in [0.29, 0.717) is 36.6 Å². The number of fused-ring (bicyclic) bond motifs is 1. The lowest BCUT2D eigenvalue weighted by Crippen LogP contribution is -2.29. The Morgan fingerprint density at radius 2 is 2.24 bits per heavy atom. The second kappa shape index (κ2) is 7.07. The molecular formula is C16H14ClN3O3S2. The average molecular weight is 396 g/mol. The van der Waals surface area contributed by atoms with Crippen LogP contribution >= 0.6 is 34.7 Å². The Labute approximate surface area is 156 Å². The number of nitrogens with zero attached hydrogens (tertiary/aromatic N) is 2. The van der Waals surface area contributed by atoms with Gasteiger partial charge in [0.2, 0.25) is 0 Å². The third kappa shape index (κ3) is 3.37. The van der Waals surface area contributed by atoms with Crippen molar-refractivity contribution in [2.24, 2.45) is 0 Å². The number of aryl methyl sites for hydroxylation is 1. The zero-order valence-corrected chi connectivity index (χ0v) is 15.8. The summed E-state index contributed by atoms with van der Waals surface area (Å²) >= 11 is 8.43. The van der Waals surface area contributed by atoms with Crippen LogP contribution in [0.1, 0.15) is 20.8 Å². The van der Waals surface area contributed by atoms with Gasteiger partial charge in [0.1, 0.15) is 9.71 Å². The summed E-state index contributed by atoms with van der Waals surface area (Å²) in [5.74, 6) is 5.98. The van der Waals surface area contributed by atoms with Gasteiger partial charge in [-0.15, -0.1) is 11.3 Å². The van der Waals surface area contributed by atoms with Gasteiger partial charge < -0.3 is 10.6 Å². The van der Waals surface area contributed by atoms with Gasteiger partial charge in [-0.2, -0.15) is 0 Å². The van der Waals surface area contributed by atoms with Crippen LogP contribution in [0.5, 0.6) is 0 Å². The van der Waals surface area contributed by atoms with Crippen molar-refractivity contribution in [3.8, 4) is 0 Å². The number of aromatic nitrogens is 2. The SMILES string of the molecule is COC(=O)c1sc2nc(SCc3cccc(Cl)c3)n(N)c(=O)c2c1C. The number of thiophene rings is 1. The molecule has 2 heterocycles. The van der Waals surface area contributed by atoms with Crippen molar-refractivity contribution >= 4 is 50.9 Å². The number of halogens is 1. The highest BCUT2D eigenvalue weighted by Crippen LogP contribution is 2.30. The van der Waals surface area contributed by atoms with E-state index in [1.807, 2.05) is 18.2 Å². The minimum Gasteiger partial charge on any atom is -0.465 e. The molecule has 0 bridgehead atoms. The van der Waals surface area contributed by atoms with Crippen molar-refractivity contribution in [3.63, 3.8) is 0 Å². The largest absolute Gasteiger partial charge is 0.465 e. The minimum absolute atomic E-state index is 0.347. The van der Waals surface area contributed by atoms with Gasteiger partial charge in [0.25, 0.3) is 5.56 Å². The standard InChI is InChI=1S/C16H14ClN3O3S2/c1-8-11-13(25-12(8)15(22)23-2)19-16(20(18)14(11)21)24-7-9-4-3-5-10(17)6-9/h3-6H,7,18H2,1-2H3. The first kappa shape index (κ1) is 17.8. The fraction of sp³-hybridized carbons (Fsp3) is 0.188. The van der Waals surface area contributed by atoms with E-state index >= 15 is 0 Å². The number of nitrogens with two attached hydrogens (primary N) is 1. The molecule has 0 spiro atoms. The molecule has 0 fully saturated rings. The molecule has 0 amide bonds. The van der Waals surface area contributed by atoms with Crippen molar-refractivity contribution in [1.29, 1.82) is 0 Å². The van der Waals surface area contributed by atoms with E-state index in [0.717, 1.165) is 21.6 Å². The molecule has 0 aliphatic heterocycles. The van der Waals surface area contributed by atoms with E-state index in [4.69, 9.17) is 22.2 Å². The molecule has 6 nitrogen and oxygen atoms in total. The summed E-state index contributed by atoms with van der Waals surface area (Å²) < 4.78 is 5.76. The number of esters is 1. The van der Waals surface area contributed by atoms with E-state index in [1.54, 1.807) is 13.0 Å². The van der Waals surface area contributed by atoms with Crippen LogP contribution in [0, 0.1) is 6.92 Å². The van der Waals surface area contributed by atoms with E-state index in [-0.39, 0.29) is 5.56 Å². The summed E-state index contributed by atoms with van der Waals surface area (Å²) in [6.07, 6.45) is 0. The highest BCUT2D eigenvalue weighted by atomic mass is 35.5. The molecule has 0 saturated heterocycles. The Hall–Kier alpha value is -2.03. The zero-order valence-electron chi connectivity index (χ0n) is 13.4. The molecule has 0 atom stereocenters. The number of carbonyl (C=O) groups is 1. The first-order valence-corrected chi connectivity index (χ1v) is 9.37. The quantitative estimate of drug-likeness (QED) is 0.316. The molecule has 0 saturated carbocycles. The van der Waals surface area contributed by atoms with Gasteiger partial charge in [0, 0.05) is 10.8 Å². The summed E-state index contributed by atoms with van der Waals surface area (Å²) in [5.41, 5.74) is 1.14. The fourth-order valence-electron chi connectivity index (χ4n) is 2.34. The molecule has 0 radical (unpaired) electrons. The smallest absolute Gasteiger partial charge is 0.348 e. The summed E-state index contributed by atoms with van der Waals surface area (Å²) in [4.78, 5) is 29.7. The van der Waals surface area contributed by atoms with Crippen LogP contribution < -0.4 is 11.4 Å². The topological polar surface area (TPSA) is 87.2 Å². The Kier molecular flexibility index (Phi) is 5.03. The molecule has 0 aliphatic rings. The lowest BCUT2D eigenvalue weighted by molar-refractivity contribution is 0.0605. The molecule has 3 aromatic rings. The predicted molar refractivity (Wildman–Crippen MR) is 101 cm³/mol. The number of benzene rings is 1. The van der Waals surface area contributed by atoms with Crippen LogP contribution in [-0.2, 0) is 10.5 Å². The maximum absolute atomic E-state index is 12.6. The number of ether oxygens (including phenoxy) is 1. The van der Waals surface area contributed by atoms with Crippen molar-refractivity contribution < 1.29 is 9.53 Å². The van der Waals surface area contributed by atoms with Gasteiger partial charge in [-0.25, -0.2) is 14.5 Å². The Morgan fingerprint density at radius 1 is 1.48 bits per heavy atom. The van der Waals surface area contributed by atoms with Gasteiger partial charge in [0.15, 0.2) is 5.16 Å². The molecule has 0 unspecified atom stereocenters. The van der Waals surface area contributed by atoms with Crippen molar-refractivity contribution in [2.75, 3.05) is 13.0 Å². The van der Waals surface area contributed by atoms with Crippen LogP contribution in [0.25, 0.3) is 10.2 Å². The number of thioether (sulfide) groups is 1. The maximum Gasteiger partial charge on any atom is 0.348 e. The van der Waals surface area contributed by atoms with Gasteiger partial charge in [0.05, 0.1) is 12.5 Å². The average Bonchev–Trinajstić information content (AvgIpc) is 2.93. The lowest BCUT2D eigenvalue weighted by Gasteiger charge is -2.07. The van der Waals surface area contributed by atoms with Crippen molar-refractivity contribution in [2.45, 2.75) is 17.8 Å². The first-order valence-electron chi connectivity index (χ1n) is 7.19. The number of hydrogen-bond acceptors (Lipinski definition) is 7. The number of hydrogen-bond donors (Lipinski definition) is 1.